The van der Waals surface area contributed by atoms with Crippen molar-refractivity contribution in [1.29, 1.82) is 5.26 Å². The fourth-order valence-electron chi connectivity index (χ4n) is 2.57. The van der Waals surface area contributed by atoms with Gasteiger partial charge in [-0.3, -0.25) is 4.79 Å². The number of halogens is 1. The number of rotatable bonds is 6. The number of ether oxygens (including phenoxy) is 1. The minimum atomic E-state index is -0.553. The predicted octanol–water partition coefficient (Wildman–Crippen LogP) is 5.17. The van der Waals surface area contributed by atoms with Gasteiger partial charge in [0, 0.05) is 16.3 Å². The number of para-hydroxylation sites is 1. The first-order chi connectivity index (χ1) is 14.0. The molecule has 0 heterocycles. The van der Waals surface area contributed by atoms with Crippen molar-refractivity contribution in [2.45, 2.75) is 6.61 Å². The van der Waals surface area contributed by atoms with E-state index in [2.05, 4.69) is 5.32 Å². The summed E-state index contributed by atoms with van der Waals surface area (Å²) in [5.74, 6) is 0.0744. The normalized spacial score (nSPS) is 10.8. The molecule has 0 atom stereocenters. The third kappa shape index (κ3) is 5.61. The van der Waals surface area contributed by atoms with Crippen LogP contribution in [0, 0.1) is 11.3 Å². The Bertz CT molecular complexity index is 1090. The summed E-state index contributed by atoms with van der Waals surface area (Å²) in [6.45, 7) is 0.299. The Morgan fingerprint density at radius 1 is 1.10 bits per heavy atom. The molecular weight excluding hydrogens is 388 g/mol. The van der Waals surface area contributed by atoms with Gasteiger partial charge < -0.3 is 15.2 Å². The highest BCUT2D eigenvalue weighted by molar-refractivity contribution is 6.30. The largest absolute Gasteiger partial charge is 0.508 e. The third-order valence-electron chi connectivity index (χ3n) is 3.99. The third-order valence-corrected chi connectivity index (χ3v) is 4.23. The van der Waals surface area contributed by atoms with Gasteiger partial charge in [0.05, 0.1) is 0 Å². The Morgan fingerprint density at radius 3 is 2.59 bits per heavy atom. The second-order valence-electron chi connectivity index (χ2n) is 6.13. The van der Waals surface area contributed by atoms with Gasteiger partial charge in [-0.25, -0.2) is 0 Å². The number of carbonyl (C=O) groups excluding carboxylic acids is 1. The summed E-state index contributed by atoms with van der Waals surface area (Å²) in [7, 11) is 0. The fourth-order valence-corrected chi connectivity index (χ4v) is 2.78. The molecule has 29 heavy (non-hydrogen) atoms. The van der Waals surface area contributed by atoms with Crippen LogP contribution in [-0.4, -0.2) is 11.0 Å². The number of nitrogens with one attached hydrogen (secondary N) is 1. The number of hydrogen-bond acceptors (Lipinski definition) is 4. The SMILES string of the molecule is N#C/C(=C\c1ccccc1OCc1cccc(Cl)c1)C(=O)Nc1ccc(O)cc1. The first-order valence-corrected chi connectivity index (χ1v) is 9.11. The molecule has 0 spiro atoms. The molecule has 144 valence electrons. The van der Waals surface area contributed by atoms with Crippen LogP contribution in [0.1, 0.15) is 11.1 Å². The van der Waals surface area contributed by atoms with E-state index in [1.807, 2.05) is 30.3 Å². The average molecular weight is 405 g/mol. The Hall–Kier alpha value is -3.75. The zero-order valence-corrected chi connectivity index (χ0v) is 16.1. The van der Waals surface area contributed by atoms with Crippen LogP contribution in [0.25, 0.3) is 6.08 Å². The zero-order valence-electron chi connectivity index (χ0n) is 15.3. The summed E-state index contributed by atoms with van der Waals surface area (Å²) >= 11 is 6.00. The van der Waals surface area contributed by atoms with Crippen molar-refractivity contribution in [2.75, 3.05) is 5.32 Å². The van der Waals surface area contributed by atoms with Crippen LogP contribution in [0.4, 0.5) is 5.69 Å². The Labute approximate surface area is 173 Å². The fraction of sp³-hybridized carbons (Fsp3) is 0.0435. The molecule has 5 nitrogen and oxygen atoms in total. The summed E-state index contributed by atoms with van der Waals surface area (Å²) in [4.78, 5) is 12.4. The van der Waals surface area contributed by atoms with Crippen LogP contribution in [0.15, 0.2) is 78.4 Å². The lowest BCUT2D eigenvalue weighted by Crippen LogP contribution is -2.13. The molecule has 6 heteroatoms. The molecule has 3 aromatic rings. The Balaban J connectivity index is 1.77. The topological polar surface area (TPSA) is 82.3 Å². The van der Waals surface area contributed by atoms with Crippen LogP contribution < -0.4 is 10.1 Å². The van der Waals surface area contributed by atoms with E-state index in [9.17, 15) is 15.2 Å². The number of aromatic hydroxyl groups is 1. The minimum absolute atomic E-state index is 0.0723. The molecule has 0 fully saturated rings. The van der Waals surface area contributed by atoms with Crippen molar-refractivity contribution in [3.05, 3.63) is 94.5 Å². The van der Waals surface area contributed by atoms with Crippen LogP contribution in [0.2, 0.25) is 5.02 Å². The van der Waals surface area contributed by atoms with E-state index in [1.165, 1.54) is 18.2 Å². The molecule has 0 unspecified atom stereocenters. The lowest BCUT2D eigenvalue weighted by atomic mass is 10.1. The van der Waals surface area contributed by atoms with Gasteiger partial charge in [0.1, 0.15) is 29.7 Å². The minimum Gasteiger partial charge on any atom is -0.508 e. The maximum Gasteiger partial charge on any atom is 0.266 e. The van der Waals surface area contributed by atoms with Gasteiger partial charge in [-0.2, -0.15) is 5.26 Å². The van der Waals surface area contributed by atoms with Gasteiger partial charge in [-0.15, -0.1) is 0 Å². The molecule has 0 bridgehead atoms. The van der Waals surface area contributed by atoms with E-state index >= 15 is 0 Å². The molecule has 0 aliphatic carbocycles. The van der Waals surface area contributed by atoms with E-state index in [4.69, 9.17) is 16.3 Å². The highest BCUT2D eigenvalue weighted by Crippen LogP contribution is 2.23. The summed E-state index contributed by atoms with van der Waals surface area (Å²) in [6.07, 6.45) is 1.48. The number of phenols is 1. The van der Waals surface area contributed by atoms with E-state index in [1.54, 1.807) is 36.4 Å². The van der Waals surface area contributed by atoms with Gasteiger partial charge in [0.25, 0.3) is 5.91 Å². The van der Waals surface area contributed by atoms with Gasteiger partial charge in [-0.1, -0.05) is 41.9 Å². The Morgan fingerprint density at radius 2 is 1.86 bits per heavy atom. The highest BCUT2D eigenvalue weighted by Gasteiger charge is 2.11. The van der Waals surface area contributed by atoms with Crippen molar-refractivity contribution >= 4 is 29.3 Å². The molecule has 1 amide bonds. The van der Waals surface area contributed by atoms with Crippen LogP contribution in [0.3, 0.4) is 0 Å². The first-order valence-electron chi connectivity index (χ1n) is 8.73. The van der Waals surface area contributed by atoms with Crippen molar-refractivity contribution < 1.29 is 14.6 Å². The number of amides is 1. The van der Waals surface area contributed by atoms with Gasteiger partial charge in [0.2, 0.25) is 0 Å². The van der Waals surface area contributed by atoms with Crippen LogP contribution in [-0.2, 0) is 11.4 Å². The van der Waals surface area contributed by atoms with Gasteiger partial charge >= 0.3 is 0 Å². The second kappa shape index (κ2) is 9.45. The number of phenolic OH excluding ortho intramolecular Hbond substituents is 1. The molecule has 2 N–H and O–H groups in total. The predicted molar refractivity (Wildman–Crippen MR) is 113 cm³/mol. The number of carbonyl (C=O) groups is 1. The first kappa shape index (κ1) is 20.0. The molecule has 0 radical (unpaired) electrons. The monoisotopic (exact) mass is 404 g/mol. The van der Waals surface area contributed by atoms with Crippen molar-refractivity contribution in [1.82, 2.24) is 0 Å². The second-order valence-corrected chi connectivity index (χ2v) is 6.56. The number of anilines is 1. The Kier molecular flexibility index (Phi) is 6.51. The maximum absolute atomic E-state index is 12.4. The van der Waals surface area contributed by atoms with E-state index in [-0.39, 0.29) is 11.3 Å². The summed E-state index contributed by atoms with van der Waals surface area (Å²) in [6, 6.07) is 22.4. The number of benzene rings is 3. The molecule has 0 saturated carbocycles. The van der Waals surface area contributed by atoms with Crippen LogP contribution >= 0.6 is 11.6 Å². The average Bonchev–Trinajstić information content (AvgIpc) is 2.73. The van der Waals surface area contributed by atoms with Crippen molar-refractivity contribution in [3.63, 3.8) is 0 Å². The standard InChI is InChI=1S/C23H17ClN2O3/c24-19-6-3-4-16(12-19)15-29-22-7-2-1-5-17(22)13-18(14-25)23(28)26-20-8-10-21(27)11-9-20/h1-13,27H,15H2,(H,26,28)/b18-13+. The molecule has 0 aromatic heterocycles. The molecule has 3 rings (SSSR count). The molecule has 3 aromatic carbocycles. The molecule has 0 saturated heterocycles. The summed E-state index contributed by atoms with van der Waals surface area (Å²) in [5, 5.41) is 22.0. The number of nitrogens with zero attached hydrogens (tertiary/aromatic N) is 1. The van der Waals surface area contributed by atoms with Gasteiger partial charge in [0.15, 0.2) is 0 Å². The molecular formula is C23H17ClN2O3. The molecule has 0 aliphatic rings. The van der Waals surface area contributed by atoms with E-state index in [0.29, 0.717) is 28.6 Å². The van der Waals surface area contributed by atoms with Crippen LogP contribution in [0.5, 0.6) is 11.5 Å². The number of nitriles is 1. The zero-order chi connectivity index (χ0) is 20.6. The maximum atomic E-state index is 12.4. The van der Waals surface area contributed by atoms with Crippen molar-refractivity contribution in [2.24, 2.45) is 0 Å². The highest BCUT2D eigenvalue weighted by atomic mass is 35.5. The van der Waals surface area contributed by atoms with E-state index < -0.39 is 5.91 Å². The van der Waals surface area contributed by atoms with Gasteiger partial charge in [-0.05, 0) is 54.1 Å². The molecule has 0 aliphatic heterocycles. The van der Waals surface area contributed by atoms with Crippen molar-refractivity contribution in [3.8, 4) is 17.6 Å². The summed E-state index contributed by atoms with van der Waals surface area (Å²) in [5.41, 5.74) is 1.91. The lowest BCUT2D eigenvalue weighted by Gasteiger charge is -2.10. The lowest BCUT2D eigenvalue weighted by molar-refractivity contribution is -0.112. The number of hydrogen-bond donors (Lipinski definition) is 2. The summed E-state index contributed by atoms with van der Waals surface area (Å²) < 4.78 is 5.86. The smallest absolute Gasteiger partial charge is 0.266 e. The quantitative estimate of drug-likeness (QED) is 0.337. The van der Waals surface area contributed by atoms with E-state index in [0.717, 1.165) is 5.56 Å².